The molecule has 1 aromatic rings. The molecule has 0 bridgehead atoms. The third-order valence-electron chi connectivity index (χ3n) is 2.90. The molecule has 0 saturated carbocycles. The number of nitrogens with two attached hydrogens (primary N) is 1. The van der Waals surface area contributed by atoms with Crippen LogP contribution in [0.3, 0.4) is 0 Å². The molecule has 0 aromatic heterocycles. The molecule has 82 valence electrons. The van der Waals surface area contributed by atoms with E-state index >= 15 is 0 Å². The van der Waals surface area contributed by atoms with Gasteiger partial charge in [-0.25, -0.2) is 0 Å². The minimum atomic E-state index is 0.0476. The Labute approximate surface area is 89.9 Å². The van der Waals surface area contributed by atoms with Gasteiger partial charge in [0.25, 0.3) is 0 Å². The van der Waals surface area contributed by atoms with Crippen molar-refractivity contribution in [3.05, 3.63) is 35.4 Å². The van der Waals surface area contributed by atoms with Gasteiger partial charge in [-0.1, -0.05) is 24.3 Å². The van der Waals surface area contributed by atoms with Crippen LogP contribution in [0.15, 0.2) is 24.3 Å². The van der Waals surface area contributed by atoms with Crippen molar-refractivity contribution in [2.24, 2.45) is 5.73 Å². The van der Waals surface area contributed by atoms with Crippen molar-refractivity contribution in [3.63, 3.8) is 0 Å². The van der Waals surface area contributed by atoms with Crippen LogP contribution in [0.2, 0.25) is 0 Å². The lowest BCUT2D eigenvalue weighted by Crippen LogP contribution is -2.43. The Hall–Kier alpha value is -0.900. The summed E-state index contributed by atoms with van der Waals surface area (Å²) in [7, 11) is 0. The van der Waals surface area contributed by atoms with Gasteiger partial charge in [-0.05, 0) is 17.5 Å². The molecule has 0 amide bonds. The molecule has 1 aromatic carbocycles. The SMILES string of the molecule is NC1Cc2ccccc2CC1OCCO. The van der Waals surface area contributed by atoms with Crippen LogP contribution in [0.1, 0.15) is 11.1 Å². The highest BCUT2D eigenvalue weighted by atomic mass is 16.5. The van der Waals surface area contributed by atoms with Crippen molar-refractivity contribution >= 4 is 0 Å². The lowest BCUT2D eigenvalue weighted by Gasteiger charge is -2.30. The number of hydrogen-bond donors (Lipinski definition) is 2. The van der Waals surface area contributed by atoms with E-state index < -0.39 is 0 Å². The first-order valence-electron chi connectivity index (χ1n) is 5.36. The molecule has 2 unspecified atom stereocenters. The molecule has 0 heterocycles. The topological polar surface area (TPSA) is 55.5 Å². The van der Waals surface area contributed by atoms with Gasteiger partial charge in [0.05, 0.1) is 19.3 Å². The predicted molar refractivity (Wildman–Crippen MR) is 58.7 cm³/mol. The molecule has 0 radical (unpaired) electrons. The van der Waals surface area contributed by atoms with Gasteiger partial charge in [-0.2, -0.15) is 0 Å². The molecule has 3 N–H and O–H groups in total. The molecule has 1 aliphatic rings. The Morgan fingerprint density at radius 3 is 2.60 bits per heavy atom. The lowest BCUT2D eigenvalue weighted by atomic mass is 9.86. The van der Waals surface area contributed by atoms with Gasteiger partial charge in [0.1, 0.15) is 0 Å². The molecule has 0 fully saturated rings. The highest BCUT2D eigenvalue weighted by Crippen LogP contribution is 2.22. The zero-order valence-electron chi connectivity index (χ0n) is 8.73. The fourth-order valence-electron chi connectivity index (χ4n) is 2.10. The minimum Gasteiger partial charge on any atom is -0.394 e. The zero-order chi connectivity index (χ0) is 10.7. The molecule has 2 rings (SSSR count). The average Bonchev–Trinajstić information content (AvgIpc) is 2.26. The summed E-state index contributed by atoms with van der Waals surface area (Å²) in [6, 6.07) is 8.37. The maximum absolute atomic E-state index is 8.71. The Morgan fingerprint density at radius 2 is 1.93 bits per heavy atom. The number of aliphatic hydroxyl groups is 1. The number of rotatable bonds is 3. The summed E-state index contributed by atoms with van der Waals surface area (Å²) in [5.41, 5.74) is 8.68. The van der Waals surface area contributed by atoms with E-state index in [1.54, 1.807) is 0 Å². The summed E-state index contributed by atoms with van der Waals surface area (Å²) < 4.78 is 5.53. The molecule has 3 nitrogen and oxygen atoms in total. The van der Waals surface area contributed by atoms with Crippen molar-refractivity contribution in [1.82, 2.24) is 0 Å². The highest BCUT2D eigenvalue weighted by molar-refractivity contribution is 5.31. The molecule has 1 aliphatic carbocycles. The van der Waals surface area contributed by atoms with E-state index in [4.69, 9.17) is 15.6 Å². The number of aliphatic hydroxyl groups excluding tert-OH is 1. The Morgan fingerprint density at radius 1 is 1.27 bits per heavy atom. The lowest BCUT2D eigenvalue weighted by molar-refractivity contribution is 0.0114. The zero-order valence-corrected chi connectivity index (χ0v) is 8.73. The van der Waals surface area contributed by atoms with Crippen molar-refractivity contribution in [3.8, 4) is 0 Å². The standard InChI is InChI=1S/C12H17NO2/c13-11-7-9-3-1-2-4-10(9)8-12(11)15-6-5-14/h1-4,11-12,14H,5-8,13H2. The van der Waals surface area contributed by atoms with Crippen LogP contribution >= 0.6 is 0 Å². The van der Waals surface area contributed by atoms with E-state index in [0.717, 1.165) is 12.8 Å². The molecule has 3 heteroatoms. The Balaban J connectivity index is 2.08. The van der Waals surface area contributed by atoms with E-state index in [-0.39, 0.29) is 18.8 Å². The van der Waals surface area contributed by atoms with Crippen LogP contribution in [0.25, 0.3) is 0 Å². The third-order valence-corrected chi connectivity index (χ3v) is 2.90. The van der Waals surface area contributed by atoms with Gasteiger partial charge in [0.2, 0.25) is 0 Å². The van der Waals surface area contributed by atoms with Gasteiger partial charge in [0, 0.05) is 12.5 Å². The fraction of sp³-hybridized carbons (Fsp3) is 0.500. The maximum Gasteiger partial charge on any atom is 0.0770 e. The quantitative estimate of drug-likeness (QED) is 0.758. The second kappa shape index (κ2) is 4.75. The van der Waals surface area contributed by atoms with Gasteiger partial charge in [0.15, 0.2) is 0 Å². The smallest absolute Gasteiger partial charge is 0.0770 e. The molecule has 0 saturated heterocycles. The van der Waals surface area contributed by atoms with Crippen molar-refractivity contribution in [1.29, 1.82) is 0 Å². The minimum absolute atomic E-state index is 0.0476. The highest BCUT2D eigenvalue weighted by Gasteiger charge is 2.25. The first kappa shape index (κ1) is 10.6. The van der Waals surface area contributed by atoms with Crippen LogP contribution in [0.5, 0.6) is 0 Å². The molecule has 15 heavy (non-hydrogen) atoms. The average molecular weight is 207 g/mol. The van der Waals surface area contributed by atoms with Gasteiger partial charge < -0.3 is 15.6 Å². The monoisotopic (exact) mass is 207 g/mol. The number of fused-ring (bicyclic) bond motifs is 1. The van der Waals surface area contributed by atoms with Crippen molar-refractivity contribution < 1.29 is 9.84 Å². The second-order valence-electron chi connectivity index (χ2n) is 3.97. The van der Waals surface area contributed by atoms with E-state index in [1.165, 1.54) is 11.1 Å². The summed E-state index contributed by atoms with van der Waals surface area (Å²) in [5.74, 6) is 0. The third kappa shape index (κ3) is 2.37. The molecule has 2 atom stereocenters. The van der Waals surface area contributed by atoms with Crippen LogP contribution in [-0.4, -0.2) is 30.5 Å². The van der Waals surface area contributed by atoms with Crippen LogP contribution < -0.4 is 5.73 Å². The second-order valence-corrected chi connectivity index (χ2v) is 3.97. The maximum atomic E-state index is 8.71. The first-order chi connectivity index (χ1) is 7.31. The van der Waals surface area contributed by atoms with E-state index in [9.17, 15) is 0 Å². The van der Waals surface area contributed by atoms with Gasteiger partial charge in [-0.3, -0.25) is 0 Å². The molecular formula is C12H17NO2. The van der Waals surface area contributed by atoms with E-state index in [0.29, 0.717) is 6.61 Å². The normalized spacial score (nSPS) is 24.9. The molecular weight excluding hydrogens is 190 g/mol. The van der Waals surface area contributed by atoms with E-state index in [1.807, 2.05) is 12.1 Å². The van der Waals surface area contributed by atoms with Gasteiger partial charge >= 0.3 is 0 Å². The largest absolute Gasteiger partial charge is 0.394 e. The van der Waals surface area contributed by atoms with Gasteiger partial charge in [-0.15, -0.1) is 0 Å². The van der Waals surface area contributed by atoms with Crippen LogP contribution in [0, 0.1) is 0 Å². The fourth-order valence-corrected chi connectivity index (χ4v) is 2.10. The molecule has 0 spiro atoms. The Bertz CT molecular complexity index is 327. The summed E-state index contributed by atoms with van der Waals surface area (Å²) >= 11 is 0. The summed E-state index contributed by atoms with van der Waals surface area (Å²) in [5, 5.41) is 8.71. The molecule has 0 aliphatic heterocycles. The summed E-state index contributed by atoms with van der Waals surface area (Å²) in [6.45, 7) is 0.436. The van der Waals surface area contributed by atoms with Crippen molar-refractivity contribution in [2.75, 3.05) is 13.2 Å². The summed E-state index contributed by atoms with van der Waals surface area (Å²) in [6.07, 6.45) is 1.77. The van der Waals surface area contributed by atoms with Crippen molar-refractivity contribution in [2.45, 2.75) is 25.0 Å². The first-order valence-corrected chi connectivity index (χ1v) is 5.36. The number of ether oxygens (including phenoxy) is 1. The van der Waals surface area contributed by atoms with E-state index in [2.05, 4.69) is 12.1 Å². The number of hydrogen-bond acceptors (Lipinski definition) is 3. The number of benzene rings is 1. The Kier molecular flexibility index (Phi) is 3.36. The summed E-state index contributed by atoms with van der Waals surface area (Å²) in [4.78, 5) is 0. The van der Waals surface area contributed by atoms with Crippen LogP contribution in [-0.2, 0) is 17.6 Å². The predicted octanol–water partition coefficient (Wildman–Crippen LogP) is 0.490. The van der Waals surface area contributed by atoms with Crippen LogP contribution in [0.4, 0.5) is 0 Å².